The molecule has 3 atom stereocenters. The Balaban J connectivity index is 0.000000646. The number of ether oxygens (including phenoxy) is 1. The largest absolute Gasteiger partial charge is 0.466 e. The molecular weight excluding hydrogens is 369 g/mol. The maximum atomic E-state index is 8.88. The molecule has 0 bridgehead atoms. The highest BCUT2D eigenvalue weighted by molar-refractivity contribution is 7.45. The molecule has 1 heterocycles. The minimum absolute atomic E-state index is 0.148. The van der Waals surface area contributed by atoms with Gasteiger partial charge in [0.2, 0.25) is 5.96 Å². The number of hydrogen-bond acceptors (Lipinski definition) is 3. The number of methoxy groups -OCH3 is 1. The lowest BCUT2D eigenvalue weighted by atomic mass is 9.94. The van der Waals surface area contributed by atoms with Gasteiger partial charge in [-0.05, 0) is 25.8 Å². The molecule has 0 aliphatic carbocycles. The number of nitrogens with zero attached hydrogens (tertiary/aromatic N) is 2. The highest BCUT2D eigenvalue weighted by Gasteiger charge is 2.33. The molecule has 3 unspecified atom stereocenters. The standard InChI is InChI=1S/C18H27N3O.H3O4P/c1-5-9-16(15-10-7-6-8-11-15)12-19-17-20-13-18(3,22-4)14(2)21-17;1-5(2,3)4/h6-8,10-11,13-14,16H,5,9,12H2,1-4H3,(H,19,21);(H3,1,2,3,4). The lowest BCUT2D eigenvalue weighted by Gasteiger charge is -2.34. The van der Waals surface area contributed by atoms with E-state index in [4.69, 9.17) is 24.0 Å². The van der Waals surface area contributed by atoms with Crippen molar-refractivity contribution in [1.29, 1.82) is 0 Å². The van der Waals surface area contributed by atoms with Gasteiger partial charge >= 0.3 is 7.82 Å². The Labute approximate surface area is 160 Å². The van der Waals surface area contributed by atoms with Crippen LogP contribution < -0.4 is 5.32 Å². The molecule has 152 valence electrons. The Morgan fingerprint density at radius 1 is 1.33 bits per heavy atom. The Morgan fingerprint density at radius 3 is 2.41 bits per heavy atom. The molecule has 0 aromatic heterocycles. The maximum absolute atomic E-state index is 8.88. The molecule has 0 spiro atoms. The third-order valence-electron chi connectivity index (χ3n) is 4.46. The predicted molar refractivity (Wildman–Crippen MR) is 107 cm³/mol. The van der Waals surface area contributed by atoms with Gasteiger partial charge in [-0.3, -0.25) is 4.99 Å². The highest BCUT2D eigenvalue weighted by atomic mass is 31.2. The van der Waals surface area contributed by atoms with E-state index in [-0.39, 0.29) is 11.6 Å². The Morgan fingerprint density at radius 2 is 1.93 bits per heavy atom. The molecule has 0 saturated heterocycles. The van der Waals surface area contributed by atoms with E-state index in [1.807, 2.05) is 13.1 Å². The lowest BCUT2D eigenvalue weighted by Crippen LogP contribution is -2.54. The molecular formula is C18H30N3O5P. The fraction of sp³-hybridized carbons (Fsp3) is 0.556. The maximum Gasteiger partial charge on any atom is 0.466 e. The molecule has 2 rings (SSSR count). The normalized spacial score (nSPS) is 24.7. The number of nitrogens with one attached hydrogen (secondary N) is 1. The number of phosphoric acid groups is 1. The first kappa shape index (κ1) is 23.5. The number of rotatable bonds is 6. The molecule has 27 heavy (non-hydrogen) atoms. The summed E-state index contributed by atoms with van der Waals surface area (Å²) in [6, 6.07) is 10.8. The van der Waals surface area contributed by atoms with Crippen LogP contribution in [0.25, 0.3) is 0 Å². The molecule has 9 heteroatoms. The molecule has 4 N–H and O–H groups in total. The average molecular weight is 399 g/mol. The van der Waals surface area contributed by atoms with Gasteiger partial charge < -0.3 is 24.7 Å². The number of aliphatic imine (C=N–C) groups is 2. The second-order valence-electron chi connectivity index (χ2n) is 6.59. The fourth-order valence-electron chi connectivity index (χ4n) is 2.62. The molecule has 0 radical (unpaired) electrons. The first-order chi connectivity index (χ1) is 12.6. The first-order valence-electron chi connectivity index (χ1n) is 8.83. The van der Waals surface area contributed by atoms with E-state index in [9.17, 15) is 0 Å². The molecule has 8 nitrogen and oxygen atoms in total. The highest BCUT2D eigenvalue weighted by Crippen LogP contribution is 2.26. The van der Waals surface area contributed by atoms with Crippen molar-refractivity contribution < 1.29 is 24.0 Å². The minimum atomic E-state index is -4.64. The van der Waals surface area contributed by atoms with Crippen LogP contribution in [0.4, 0.5) is 0 Å². The summed E-state index contributed by atoms with van der Waals surface area (Å²) in [7, 11) is -2.93. The SMILES string of the molecule is CCCC(CN=C1N=CC(C)(OC)C(C)N1)c1ccccc1.O=P(O)(O)O. The second-order valence-corrected chi connectivity index (χ2v) is 7.61. The smallest absolute Gasteiger partial charge is 0.371 e. The van der Waals surface area contributed by atoms with Crippen molar-refractivity contribution in [1.82, 2.24) is 5.32 Å². The summed E-state index contributed by atoms with van der Waals surface area (Å²) in [6.07, 6.45) is 4.14. The van der Waals surface area contributed by atoms with Crippen LogP contribution >= 0.6 is 7.82 Å². The lowest BCUT2D eigenvalue weighted by molar-refractivity contribution is 0.0452. The van der Waals surface area contributed by atoms with Crippen LogP contribution in [-0.4, -0.2) is 52.2 Å². The Kier molecular flexibility index (Phi) is 9.29. The predicted octanol–water partition coefficient (Wildman–Crippen LogP) is 2.47. The van der Waals surface area contributed by atoms with Crippen LogP contribution in [0.15, 0.2) is 40.3 Å². The zero-order chi connectivity index (χ0) is 20.5. The van der Waals surface area contributed by atoms with Crippen LogP contribution in [0.3, 0.4) is 0 Å². The van der Waals surface area contributed by atoms with Gasteiger partial charge in [-0.15, -0.1) is 0 Å². The minimum Gasteiger partial charge on any atom is -0.371 e. The zero-order valence-electron chi connectivity index (χ0n) is 16.2. The molecule has 1 aromatic rings. The summed E-state index contributed by atoms with van der Waals surface area (Å²) in [5.74, 6) is 1.15. The van der Waals surface area contributed by atoms with Crippen LogP contribution in [0.1, 0.15) is 45.1 Å². The average Bonchev–Trinajstić information content (AvgIpc) is 2.61. The van der Waals surface area contributed by atoms with Gasteiger partial charge in [-0.2, -0.15) is 0 Å². The van der Waals surface area contributed by atoms with E-state index in [1.54, 1.807) is 7.11 Å². The van der Waals surface area contributed by atoms with Crippen molar-refractivity contribution in [3.8, 4) is 0 Å². The zero-order valence-corrected chi connectivity index (χ0v) is 17.1. The van der Waals surface area contributed by atoms with Crippen molar-refractivity contribution in [3.05, 3.63) is 35.9 Å². The van der Waals surface area contributed by atoms with Crippen LogP contribution in [-0.2, 0) is 9.30 Å². The summed E-state index contributed by atoms with van der Waals surface area (Å²) in [4.78, 5) is 30.7. The van der Waals surface area contributed by atoms with Crippen LogP contribution in [0.2, 0.25) is 0 Å². The van der Waals surface area contributed by atoms with E-state index in [2.05, 4.69) is 59.5 Å². The van der Waals surface area contributed by atoms with E-state index >= 15 is 0 Å². The topological polar surface area (TPSA) is 124 Å². The molecule has 1 aromatic carbocycles. The van der Waals surface area contributed by atoms with Crippen molar-refractivity contribution in [2.45, 2.75) is 51.2 Å². The Bertz CT molecular complexity index is 669. The molecule has 1 aliphatic rings. The van der Waals surface area contributed by atoms with Crippen molar-refractivity contribution in [3.63, 3.8) is 0 Å². The summed E-state index contributed by atoms with van der Waals surface area (Å²) in [6.45, 7) is 7.08. The van der Waals surface area contributed by atoms with Crippen LogP contribution in [0.5, 0.6) is 0 Å². The Hall–Kier alpha value is -1.57. The summed E-state index contributed by atoms with van der Waals surface area (Å²) in [5, 5.41) is 3.33. The second kappa shape index (κ2) is 10.7. The quantitative estimate of drug-likeness (QED) is 0.545. The number of hydrogen-bond donors (Lipinski definition) is 4. The van der Waals surface area contributed by atoms with Crippen LogP contribution in [0, 0.1) is 0 Å². The third-order valence-corrected chi connectivity index (χ3v) is 4.46. The van der Waals surface area contributed by atoms with E-state index in [0.717, 1.165) is 19.4 Å². The van der Waals surface area contributed by atoms with Gasteiger partial charge in [0.15, 0.2) is 0 Å². The summed E-state index contributed by atoms with van der Waals surface area (Å²) < 4.78 is 14.4. The van der Waals surface area contributed by atoms with Crippen molar-refractivity contribution in [2.24, 2.45) is 9.98 Å². The molecule has 1 aliphatic heterocycles. The first-order valence-corrected chi connectivity index (χ1v) is 10.4. The fourth-order valence-corrected chi connectivity index (χ4v) is 2.62. The molecule has 0 fully saturated rings. The van der Waals surface area contributed by atoms with Crippen molar-refractivity contribution in [2.75, 3.05) is 13.7 Å². The van der Waals surface area contributed by atoms with Gasteiger partial charge in [-0.25, -0.2) is 9.56 Å². The number of guanidine groups is 1. The monoisotopic (exact) mass is 399 g/mol. The van der Waals surface area contributed by atoms with E-state index < -0.39 is 7.82 Å². The van der Waals surface area contributed by atoms with Gasteiger partial charge in [0.05, 0.1) is 6.04 Å². The van der Waals surface area contributed by atoms with E-state index in [0.29, 0.717) is 11.9 Å². The summed E-state index contributed by atoms with van der Waals surface area (Å²) >= 11 is 0. The summed E-state index contributed by atoms with van der Waals surface area (Å²) in [5.41, 5.74) is 0.977. The molecule has 0 amide bonds. The van der Waals surface area contributed by atoms with Gasteiger partial charge in [0.25, 0.3) is 0 Å². The van der Waals surface area contributed by atoms with Crippen molar-refractivity contribution >= 4 is 20.0 Å². The van der Waals surface area contributed by atoms with Gasteiger partial charge in [0.1, 0.15) is 5.60 Å². The molecule has 0 saturated carbocycles. The van der Waals surface area contributed by atoms with E-state index in [1.165, 1.54) is 5.56 Å². The number of benzene rings is 1. The van der Waals surface area contributed by atoms with Gasteiger partial charge in [-0.1, -0.05) is 43.7 Å². The van der Waals surface area contributed by atoms with Gasteiger partial charge in [0, 0.05) is 25.8 Å². The third kappa shape index (κ3) is 8.77.